The quantitative estimate of drug-likeness (QED) is 0.888. The van der Waals surface area contributed by atoms with Crippen molar-refractivity contribution in [1.82, 2.24) is 29.8 Å². The molecule has 0 bridgehead atoms. The van der Waals surface area contributed by atoms with Crippen LogP contribution < -0.4 is 5.32 Å². The molecule has 2 aromatic heterocycles. The average Bonchev–Trinajstić information content (AvgIpc) is 3.11. The van der Waals surface area contributed by atoms with Crippen molar-refractivity contribution < 1.29 is 9.59 Å². The highest BCUT2D eigenvalue weighted by molar-refractivity contribution is 5.93. The van der Waals surface area contributed by atoms with Gasteiger partial charge in [-0.25, -0.2) is 0 Å². The Kier molecular flexibility index (Phi) is 4.48. The SMILES string of the molecule is Cn1cc(C(=O)NCc2cc3n(n2)CCCN(C(=O)C2CCC2)C3)cn1. The molecule has 3 heterocycles. The molecular weight excluding hydrogens is 332 g/mol. The van der Waals surface area contributed by atoms with Crippen LogP contribution in [-0.4, -0.2) is 42.8 Å². The van der Waals surface area contributed by atoms with Gasteiger partial charge in [0.15, 0.2) is 0 Å². The highest BCUT2D eigenvalue weighted by atomic mass is 16.2. The number of nitrogens with one attached hydrogen (secondary N) is 1. The van der Waals surface area contributed by atoms with E-state index in [0.717, 1.165) is 43.7 Å². The Hall–Kier alpha value is -2.64. The highest BCUT2D eigenvalue weighted by Crippen LogP contribution is 2.29. The van der Waals surface area contributed by atoms with Crippen molar-refractivity contribution in [2.75, 3.05) is 6.54 Å². The van der Waals surface area contributed by atoms with Gasteiger partial charge in [-0.05, 0) is 25.3 Å². The predicted molar refractivity (Wildman–Crippen MR) is 94.0 cm³/mol. The van der Waals surface area contributed by atoms with Crippen LogP contribution in [0.4, 0.5) is 0 Å². The summed E-state index contributed by atoms with van der Waals surface area (Å²) >= 11 is 0. The predicted octanol–water partition coefficient (Wildman–Crippen LogP) is 1.08. The molecule has 1 saturated carbocycles. The Morgan fingerprint density at radius 2 is 2.12 bits per heavy atom. The lowest BCUT2D eigenvalue weighted by Crippen LogP contribution is -2.38. The second-order valence-electron chi connectivity index (χ2n) is 7.18. The molecule has 1 fully saturated rings. The second kappa shape index (κ2) is 6.93. The number of hydrogen-bond donors (Lipinski definition) is 1. The fourth-order valence-electron chi connectivity index (χ4n) is 3.52. The molecule has 1 N–H and O–H groups in total. The van der Waals surface area contributed by atoms with Gasteiger partial charge in [0.2, 0.25) is 5.91 Å². The van der Waals surface area contributed by atoms with Gasteiger partial charge in [0.05, 0.1) is 36.2 Å². The van der Waals surface area contributed by atoms with Crippen LogP contribution >= 0.6 is 0 Å². The van der Waals surface area contributed by atoms with Crippen LogP contribution in [0.1, 0.15) is 47.4 Å². The number of aryl methyl sites for hydroxylation is 2. The van der Waals surface area contributed by atoms with Crippen LogP contribution in [0.25, 0.3) is 0 Å². The number of carbonyl (C=O) groups excluding carboxylic acids is 2. The maximum atomic E-state index is 12.6. The van der Waals surface area contributed by atoms with Crippen molar-refractivity contribution in [3.8, 4) is 0 Å². The molecule has 2 aromatic rings. The maximum Gasteiger partial charge on any atom is 0.254 e. The molecule has 1 aliphatic heterocycles. The normalized spacial score (nSPS) is 17.3. The van der Waals surface area contributed by atoms with Crippen molar-refractivity contribution >= 4 is 11.8 Å². The van der Waals surface area contributed by atoms with E-state index in [0.29, 0.717) is 18.7 Å². The lowest BCUT2D eigenvalue weighted by Gasteiger charge is -2.30. The third kappa shape index (κ3) is 3.36. The molecule has 0 unspecified atom stereocenters. The van der Waals surface area contributed by atoms with Crippen LogP contribution in [0, 0.1) is 5.92 Å². The lowest BCUT2D eigenvalue weighted by atomic mass is 9.84. The molecule has 26 heavy (non-hydrogen) atoms. The number of aromatic nitrogens is 4. The van der Waals surface area contributed by atoms with Crippen molar-refractivity contribution in [3.63, 3.8) is 0 Å². The zero-order valence-corrected chi connectivity index (χ0v) is 15.0. The van der Waals surface area contributed by atoms with E-state index in [2.05, 4.69) is 15.5 Å². The molecule has 0 aromatic carbocycles. The van der Waals surface area contributed by atoms with Crippen molar-refractivity contribution in [3.05, 3.63) is 35.4 Å². The zero-order valence-electron chi connectivity index (χ0n) is 15.0. The van der Waals surface area contributed by atoms with Crippen LogP contribution in [0.3, 0.4) is 0 Å². The molecular formula is C18H24N6O2. The maximum absolute atomic E-state index is 12.6. The largest absolute Gasteiger partial charge is 0.346 e. The van der Waals surface area contributed by atoms with E-state index < -0.39 is 0 Å². The summed E-state index contributed by atoms with van der Waals surface area (Å²) in [6.07, 6.45) is 7.36. The van der Waals surface area contributed by atoms with E-state index in [1.54, 1.807) is 24.1 Å². The summed E-state index contributed by atoms with van der Waals surface area (Å²) in [5.41, 5.74) is 2.39. The molecule has 4 rings (SSSR count). The van der Waals surface area contributed by atoms with Crippen LogP contribution in [0.15, 0.2) is 18.5 Å². The molecule has 8 heteroatoms. The highest BCUT2D eigenvalue weighted by Gasteiger charge is 2.30. The Balaban J connectivity index is 1.39. The van der Waals surface area contributed by atoms with Crippen LogP contribution in [-0.2, 0) is 31.5 Å². The van der Waals surface area contributed by atoms with E-state index in [-0.39, 0.29) is 17.7 Å². The number of hydrogen-bond acceptors (Lipinski definition) is 4. The number of fused-ring (bicyclic) bond motifs is 1. The number of rotatable bonds is 4. The third-order valence-corrected chi connectivity index (χ3v) is 5.23. The van der Waals surface area contributed by atoms with Crippen LogP contribution in [0.2, 0.25) is 0 Å². The van der Waals surface area contributed by atoms with Gasteiger partial charge >= 0.3 is 0 Å². The molecule has 0 saturated heterocycles. The second-order valence-corrected chi connectivity index (χ2v) is 7.18. The Labute approximate surface area is 152 Å². The molecule has 2 aliphatic rings. The Morgan fingerprint density at radius 1 is 1.27 bits per heavy atom. The molecule has 138 valence electrons. The molecule has 0 atom stereocenters. The minimum absolute atomic E-state index is 0.164. The average molecular weight is 356 g/mol. The molecule has 0 radical (unpaired) electrons. The van der Waals surface area contributed by atoms with Crippen molar-refractivity contribution in [2.24, 2.45) is 13.0 Å². The minimum Gasteiger partial charge on any atom is -0.346 e. The van der Waals surface area contributed by atoms with E-state index in [9.17, 15) is 9.59 Å². The number of amides is 2. The molecule has 8 nitrogen and oxygen atoms in total. The number of carbonyl (C=O) groups is 2. The summed E-state index contributed by atoms with van der Waals surface area (Å²) in [4.78, 5) is 26.7. The fraction of sp³-hybridized carbons (Fsp3) is 0.556. The first-order valence-electron chi connectivity index (χ1n) is 9.21. The fourth-order valence-corrected chi connectivity index (χ4v) is 3.52. The lowest BCUT2D eigenvalue weighted by molar-refractivity contribution is -0.138. The first-order chi connectivity index (χ1) is 12.6. The van der Waals surface area contributed by atoms with E-state index >= 15 is 0 Å². The summed E-state index contributed by atoms with van der Waals surface area (Å²) in [6.45, 7) is 2.58. The minimum atomic E-state index is -0.164. The summed E-state index contributed by atoms with van der Waals surface area (Å²) in [5.74, 6) is 0.350. The van der Waals surface area contributed by atoms with Gasteiger partial charge in [0.25, 0.3) is 5.91 Å². The van der Waals surface area contributed by atoms with E-state index in [4.69, 9.17) is 0 Å². The monoisotopic (exact) mass is 356 g/mol. The molecule has 1 aliphatic carbocycles. The number of nitrogens with zero attached hydrogens (tertiary/aromatic N) is 5. The summed E-state index contributed by atoms with van der Waals surface area (Å²) in [5, 5.41) is 11.5. The van der Waals surface area contributed by atoms with Crippen molar-refractivity contribution in [1.29, 1.82) is 0 Å². The smallest absolute Gasteiger partial charge is 0.254 e. The zero-order chi connectivity index (χ0) is 18.1. The van der Waals surface area contributed by atoms with Gasteiger partial charge in [-0.15, -0.1) is 0 Å². The topological polar surface area (TPSA) is 85.0 Å². The standard InChI is InChI=1S/C18H24N6O2/c1-22-11-14(9-20-22)17(25)19-10-15-8-16-12-23(6-3-7-24(16)21-15)18(26)13-4-2-5-13/h8-9,11,13H,2-7,10,12H2,1H3,(H,19,25). The van der Waals surface area contributed by atoms with E-state index in [1.807, 2.05) is 15.6 Å². The van der Waals surface area contributed by atoms with Gasteiger partial charge in [0.1, 0.15) is 0 Å². The first kappa shape index (κ1) is 16.8. The third-order valence-electron chi connectivity index (χ3n) is 5.23. The van der Waals surface area contributed by atoms with Gasteiger partial charge in [0, 0.05) is 32.3 Å². The Bertz CT molecular complexity index is 820. The first-order valence-corrected chi connectivity index (χ1v) is 9.21. The van der Waals surface area contributed by atoms with Gasteiger partial charge in [-0.1, -0.05) is 6.42 Å². The van der Waals surface area contributed by atoms with E-state index in [1.165, 1.54) is 6.42 Å². The molecule has 0 spiro atoms. The Morgan fingerprint density at radius 3 is 2.81 bits per heavy atom. The van der Waals surface area contributed by atoms with Gasteiger partial charge in [-0.3, -0.25) is 19.0 Å². The van der Waals surface area contributed by atoms with Crippen LogP contribution in [0.5, 0.6) is 0 Å². The van der Waals surface area contributed by atoms with Gasteiger partial charge in [-0.2, -0.15) is 10.2 Å². The van der Waals surface area contributed by atoms with Crippen molar-refractivity contribution in [2.45, 2.75) is 45.3 Å². The summed E-state index contributed by atoms with van der Waals surface area (Å²) in [6, 6.07) is 2.00. The summed E-state index contributed by atoms with van der Waals surface area (Å²) < 4.78 is 3.57. The molecule has 2 amide bonds. The summed E-state index contributed by atoms with van der Waals surface area (Å²) in [7, 11) is 1.78. The van der Waals surface area contributed by atoms with Gasteiger partial charge < -0.3 is 10.2 Å².